The summed E-state index contributed by atoms with van der Waals surface area (Å²) in [6, 6.07) is 15.1. The van der Waals surface area contributed by atoms with E-state index in [1.165, 1.54) is 11.8 Å². The smallest absolute Gasteiger partial charge is 0.220 e. The molecule has 152 valence electrons. The highest BCUT2D eigenvalue weighted by Crippen LogP contribution is 2.23. The Morgan fingerprint density at radius 3 is 2.04 bits per heavy atom. The van der Waals surface area contributed by atoms with Crippen LogP contribution in [0.25, 0.3) is 0 Å². The third-order valence-electron chi connectivity index (χ3n) is 4.91. The number of aryl methyl sites for hydroxylation is 1. The minimum Gasteiger partial charge on any atom is -0.349 e. The van der Waals surface area contributed by atoms with Gasteiger partial charge in [0.2, 0.25) is 5.91 Å². The summed E-state index contributed by atoms with van der Waals surface area (Å²) in [5.74, 6) is -0.000984. The molecule has 5 heteroatoms. The minimum absolute atomic E-state index is 0.000984. The van der Waals surface area contributed by atoms with E-state index in [1.807, 2.05) is 6.92 Å². The zero-order valence-corrected chi connectivity index (χ0v) is 18.3. The summed E-state index contributed by atoms with van der Waals surface area (Å²) in [7, 11) is -3.21. The van der Waals surface area contributed by atoms with Gasteiger partial charge < -0.3 is 5.32 Å². The lowest BCUT2D eigenvalue weighted by atomic mass is 9.86. The molecular weight excluding hydrogens is 370 g/mol. The number of sulfone groups is 1. The van der Waals surface area contributed by atoms with Crippen molar-refractivity contribution in [3.05, 3.63) is 65.2 Å². The largest absolute Gasteiger partial charge is 0.349 e. The molecular formula is C23H31NO3S. The first kappa shape index (κ1) is 22.2. The Bertz CT molecular complexity index is 892. The van der Waals surface area contributed by atoms with Gasteiger partial charge in [0.05, 0.1) is 10.9 Å². The van der Waals surface area contributed by atoms with Crippen LogP contribution in [0.3, 0.4) is 0 Å². The van der Waals surface area contributed by atoms with Gasteiger partial charge in [-0.3, -0.25) is 4.79 Å². The van der Waals surface area contributed by atoms with Crippen molar-refractivity contribution < 1.29 is 13.2 Å². The molecule has 0 aliphatic carbocycles. The van der Waals surface area contributed by atoms with Crippen LogP contribution in [0.15, 0.2) is 53.4 Å². The average Bonchev–Trinajstić information content (AvgIpc) is 2.63. The van der Waals surface area contributed by atoms with Crippen molar-refractivity contribution in [2.75, 3.05) is 6.26 Å². The second kappa shape index (κ2) is 8.91. The maximum absolute atomic E-state index is 12.4. The standard InChI is InChI=1S/C23H31NO3S/c1-6-21(18-10-14-20(15-11-18)28(5,26)27)24-22(25)16-9-17-7-12-19(13-8-17)23(2,3)4/h7-8,10-15,21H,6,9,16H2,1-5H3,(H,24,25)/t21-/m1/s1. The van der Waals surface area contributed by atoms with Crippen LogP contribution in [-0.4, -0.2) is 20.6 Å². The summed E-state index contributed by atoms with van der Waals surface area (Å²) in [5.41, 5.74) is 3.47. The number of carbonyl (C=O) groups excluding carboxylic acids is 1. The van der Waals surface area contributed by atoms with Crippen LogP contribution in [0.1, 0.15) is 63.3 Å². The maximum Gasteiger partial charge on any atom is 0.220 e. The van der Waals surface area contributed by atoms with Gasteiger partial charge >= 0.3 is 0 Å². The van der Waals surface area contributed by atoms with Crippen molar-refractivity contribution in [2.24, 2.45) is 0 Å². The Kier molecular flexibility index (Phi) is 7.05. The van der Waals surface area contributed by atoms with E-state index in [2.05, 4.69) is 50.4 Å². The van der Waals surface area contributed by atoms with E-state index in [4.69, 9.17) is 0 Å². The van der Waals surface area contributed by atoms with Crippen LogP contribution >= 0.6 is 0 Å². The number of rotatable bonds is 7. The number of amides is 1. The van der Waals surface area contributed by atoms with Crippen molar-refractivity contribution in [3.8, 4) is 0 Å². The molecule has 0 aromatic heterocycles. The molecule has 2 aromatic carbocycles. The minimum atomic E-state index is -3.21. The van der Waals surface area contributed by atoms with E-state index >= 15 is 0 Å². The van der Waals surface area contributed by atoms with Crippen LogP contribution in [0.2, 0.25) is 0 Å². The highest BCUT2D eigenvalue weighted by atomic mass is 32.2. The van der Waals surface area contributed by atoms with Crippen LogP contribution < -0.4 is 5.32 Å². The molecule has 0 heterocycles. The van der Waals surface area contributed by atoms with Crippen LogP contribution in [-0.2, 0) is 26.5 Å². The predicted molar refractivity (Wildman–Crippen MR) is 114 cm³/mol. The van der Waals surface area contributed by atoms with E-state index < -0.39 is 9.84 Å². The quantitative estimate of drug-likeness (QED) is 0.738. The molecule has 0 aliphatic rings. The summed E-state index contributed by atoms with van der Waals surface area (Å²) in [6.07, 6.45) is 3.05. The van der Waals surface area contributed by atoms with Crippen molar-refractivity contribution in [3.63, 3.8) is 0 Å². The Hall–Kier alpha value is -2.14. The number of hydrogen-bond acceptors (Lipinski definition) is 3. The maximum atomic E-state index is 12.4. The van der Waals surface area contributed by atoms with Gasteiger partial charge in [0, 0.05) is 12.7 Å². The van der Waals surface area contributed by atoms with Gasteiger partial charge in [0.15, 0.2) is 9.84 Å². The van der Waals surface area contributed by atoms with Crippen molar-refractivity contribution in [1.82, 2.24) is 5.32 Å². The normalized spacial score (nSPS) is 13.2. The number of nitrogens with one attached hydrogen (secondary N) is 1. The average molecular weight is 402 g/mol. The van der Waals surface area contributed by atoms with Crippen molar-refractivity contribution in [2.45, 2.75) is 63.3 Å². The van der Waals surface area contributed by atoms with E-state index in [0.717, 1.165) is 17.5 Å². The van der Waals surface area contributed by atoms with Gasteiger partial charge in [-0.1, -0.05) is 64.1 Å². The Morgan fingerprint density at radius 1 is 1.00 bits per heavy atom. The summed E-state index contributed by atoms with van der Waals surface area (Å²) in [5, 5.41) is 3.06. The first-order valence-corrected chi connectivity index (χ1v) is 11.6. The van der Waals surface area contributed by atoms with Gasteiger partial charge in [0.25, 0.3) is 0 Å². The summed E-state index contributed by atoms with van der Waals surface area (Å²) in [6.45, 7) is 8.55. The number of hydrogen-bond donors (Lipinski definition) is 1. The van der Waals surface area contributed by atoms with E-state index in [0.29, 0.717) is 12.8 Å². The Balaban J connectivity index is 1.95. The van der Waals surface area contributed by atoms with Crippen LogP contribution in [0, 0.1) is 0 Å². The molecule has 0 unspecified atom stereocenters. The molecule has 1 atom stereocenters. The first-order chi connectivity index (χ1) is 13.0. The molecule has 0 radical (unpaired) electrons. The molecule has 1 N–H and O–H groups in total. The molecule has 0 saturated heterocycles. The van der Waals surface area contributed by atoms with E-state index in [-0.39, 0.29) is 22.3 Å². The fourth-order valence-corrected chi connectivity index (χ4v) is 3.69. The summed E-state index contributed by atoms with van der Waals surface area (Å²) in [4.78, 5) is 12.7. The predicted octanol–water partition coefficient (Wildman–Crippen LogP) is 4.59. The number of carbonyl (C=O) groups is 1. The van der Waals surface area contributed by atoms with Crippen molar-refractivity contribution in [1.29, 1.82) is 0 Å². The van der Waals surface area contributed by atoms with E-state index in [9.17, 15) is 13.2 Å². The van der Waals surface area contributed by atoms with Gasteiger partial charge in [-0.05, 0) is 47.1 Å². The fraction of sp³-hybridized carbons (Fsp3) is 0.435. The zero-order valence-electron chi connectivity index (χ0n) is 17.5. The zero-order chi connectivity index (χ0) is 20.9. The Labute approximate surface area is 169 Å². The Morgan fingerprint density at radius 2 is 1.57 bits per heavy atom. The molecule has 28 heavy (non-hydrogen) atoms. The molecule has 1 amide bonds. The molecule has 0 aliphatic heterocycles. The van der Waals surface area contributed by atoms with Crippen molar-refractivity contribution >= 4 is 15.7 Å². The van der Waals surface area contributed by atoms with Gasteiger partial charge in [-0.25, -0.2) is 8.42 Å². The lowest BCUT2D eigenvalue weighted by molar-refractivity contribution is -0.121. The monoisotopic (exact) mass is 401 g/mol. The first-order valence-electron chi connectivity index (χ1n) is 9.69. The van der Waals surface area contributed by atoms with Gasteiger partial charge in [-0.15, -0.1) is 0 Å². The molecule has 0 saturated carbocycles. The molecule has 2 aromatic rings. The molecule has 0 spiro atoms. The SMILES string of the molecule is CC[C@@H](NC(=O)CCc1ccc(C(C)(C)C)cc1)c1ccc(S(C)(=O)=O)cc1. The fourth-order valence-electron chi connectivity index (χ4n) is 3.06. The third-order valence-corrected chi connectivity index (χ3v) is 6.04. The molecule has 2 rings (SSSR count). The molecule has 0 bridgehead atoms. The van der Waals surface area contributed by atoms with Crippen LogP contribution in [0.4, 0.5) is 0 Å². The second-order valence-electron chi connectivity index (χ2n) is 8.32. The highest BCUT2D eigenvalue weighted by molar-refractivity contribution is 7.90. The summed E-state index contributed by atoms with van der Waals surface area (Å²) >= 11 is 0. The second-order valence-corrected chi connectivity index (χ2v) is 10.3. The van der Waals surface area contributed by atoms with E-state index in [1.54, 1.807) is 24.3 Å². The van der Waals surface area contributed by atoms with Gasteiger partial charge in [-0.2, -0.15) is 0 Å². The summed E-state index contributed by atoms with van der Waals surface area (Å²) < 4.78 is 23.2. The lowest BCUT2D eigenvalue weighted by Crippen LogP contribution is -2.28. The lowest BCUT2D eigenvalue weighted by Gasteiger charge is -2.19. The number of benzene rings is 2. The third kappa shape index (κ3) is 6.20. The van der Waals surface area contributed by atoms with Crippen LogP contribution in [0.5, 0.6) is 0 Å². The topological polar surface area (TPSA) is 63.2 Å². The van der Waals surface area contributed by atoms with Gasteiger partial charge in [0.1, 0.15) is 0 Å². The highest BCUT2D eigenvalue weighted by Gasteiger charge is 2.15. The molecule has 4 nitrogen and oxygen atoms in total. The molecule has 0 fully saturated rings.